The first-order valence-corrected chi connectivity index (χ1v) is 3.66. The molecule has 0 atom stereocenters. The van der Waals surface area contributed by atoms with Gasteiger partial charge in [0.1, 0.15) is 5.82 Å². The number of hydrogen-bond donors (Lipinski definition) is 1. The lowest BCUT2D eigenvalue weighted by atomic mass is 10.2. The monoisotopic (exact) mass is 166 g/mol. The molecule has 0 saturated carbocycles. The van der Waals surface area contributed by atoms with Gasteiger partial charge >= 0.3 is 0 Å². The Labute approximate surface area is 70.9 Å². The topological polar surface area (TPSA) is 38.4 Å². The van der Waals surface area contributed by atoms with Crippen molar-refractivity contribution >= 4 is 11.5 Å². The predicted molar refractivity (Wildman–Crippen MR) is 48.1 cm³/mol. The van der Waals surface area contributed by atoms with E-state index in [1.807, 2.05) is 0 Å². The van der Waals surface area contributed by atoms with Gasteiger partial charge in [0.05, 0.1) is 11.5 Å². The van der Waals surface area contributed by atoms with Crippen molar-refractivity contribution in [2.24, 2.45) is 10.7 Å². The number of nitrogens with zero attached hydrogens (tertiary/aromatic N) is 1. The van der Waals surface area contributed by atoms with Gasteiger partial charge in [-0.3, -0.25) is 0 Å². The molecule has 1 rings (SSSR count). The van der Waals surface area contributed by atoms with Crippen molar-refractivity contribution in [3.8, 4) is 0 Å². The summed E-state index contributed by atoms with van der Waals surface area (Å²) < 4.78 is 12.6. The normalized spacial score (nSPS) is 11.8. The van der Waals surface area contributed by atoms with E-state index >= 15 is 0 Å². The Hall–Kier alpha value is -1.38. The average Bonchev–Trinajstić information content (AvgIpc) is 1.94. The number of hydrogen-bond acceptors (Lipinski definition) is 1. The van der Waals surface area contributed by atoms with Crippen LogP contribution in [0.4, 0.5) is 10.1 Å². The molecule has 0 bridgehead atoms. The molecule has 0 aromatic heterocycles. The zero-order chi connectivity index (χ0) is 9.14. The molecule has 0 unspecified atom stereocenters. The first-order valence-electron chi connectivity index (χ1n) is 3.66. The maximum Gasteiger partial charge on any atom is 0.123 e. The molecule has 0 aliphatic carbocycles. The summed E-state index contributed by atoms with van der Waals surface area (Å²) >= 11 is 0. The third-order valence-corrected chi connectivity index (χ3v) is 1.46. The highest BCUT2D eigenvalue weighted by atomic mass is 19.1. The van der Waals surface area contributed by atoms with Gasteiger partial charge in [0.15, 0.2) is 0 Å². The van der Waals surface area contributed by atoms with Crippen LogP contribution in [-0.2, 0) is 0 Å². The van der Waals surface area contributed by atoms with Crippen molar-refractivity contribution in [1.82, 2.24) is 0 Å². The fourth-order valence-corrected chi connectivity index (χ4v) is 0.934. The average molecular weight is 166 g/mol. The van der Waals surface area contributed by atoms with Gasteiger partial charge in [-0.2, -0.15) is 0 Å². The van der Waals surface area contributed by atoms with Crippen molar-refractivity contribution in [2.45, 2.75) is 13.8 Å². The largest absolute Gasteiger partial charge is 0.387 e. The molecule has 2 N–H and O–H groups in total. The molecule has 3 heteroatoms. The van der Waals surface area contributed by atoms with Crippen molar-refractivity contribution in [3.63, 3.8) is 0 Å². The Morgan fingerprint density at radius 1 is 1.50 bits per heavy atom. The lowest BCUT2D eigenvalue weighted by Crippen LogP contribution is -2.04. The van der Waals surface area contributed by atoms with Gasteiger partial charge in [-0.05, 0) is 37.6 Å². The molecule has 1 aromatic carbocycles. The van der Waals surface area contributed by atoms with Crippen LogP contribution in [0, 0.1) is 12.7 Å². The molecule has 64 valence electrons. The second kappa shape index (κ2) is 3.34. The fraction of sp³-hybridized carbons (Fsp3) is 0.222. The first-order chi connectivity index (χ1) is 5.59. The highest BCUT2D eigenvalue weighted by Crippen LogP contribution is 2.18. The molecular weight excluding hydrogens is 155 g/mol. The Balaban J connectivity index is 3.10. The summed E-state index contributed by atoms with van der Waals surface area (Å²) in [6.07, 6.45) is 0. The molecule has 1 aromatic rings. The van der Waals surface area contributed by atoms with E-state index < -0.39 is 0 Å². The van der Waals surface area contributed by atoms with Crippen LogP contribution in [0.2, 0.25) is 0 Å². The van der Waals surface area contributed by atoms with Gasteiger partial charge in [0.25, 0.3) is 0 Å². The van der Waals surface area contributed by atoms with Crippen molar-refractivity contribution in [1.29, 1.82) is 0 Å². The van der Waals surface area contributed by atoms with Gasteiger partial charge in [0.2, 0.25) is 0 Å². The summed E-state index contributed by atoms with van der Waals surface area (Å²) in [5.74, 6) is 0.228. The number of aryl methyl sites for hydroxylation is 1. The lowest BCUT2D eigenvalue weighted by Gasteiger charge is -1.99. The van der Waals surface area contributed by atoms with Crippen LogP contribution in [0.25, 0.3) is 0 Å². The van der Waals surface area contributed by atoms with Gasteiger partial charge in [-0.1, -0.05) is 0 Å². The van der Waals surface area contributed by atoms with Gasteiger partial charge < -0.3 is 5.73 Å². The second-order valence-electron chi connectivity index (χ2n) is 2.68. The van der Waals surface area contributed by atoms with E-state index in [-0.39, 0.29) is 5.82 Å². The summed E-state index contributed by atoms with van der Waals surface area (Å²) in [6.45, 7) is 3.49. The van der Waals surface area contributed by atoms with E-state index in [0.29, 0.717) is 5.84 Å². The Morgan fingerprint density at radius 2 is 2.17 bits per heavy atom. The van der Waals surface area contributed by atoms with Gasteiger partial charge in [-0.15, -0.1) is 0 Å². The predicted octanol–water partition coefficient (Wildman–Crippen LogP) is 2.14. The number of aliphatic imine (C=N–C) groups is 1. The van der Waals surface area contributed by atoms with Crippen LogP contribution in [0.1, 0.15) is 12.5 Å². The zero-order valence-electron chi connectivity index (χ0n) is 7.13. The Bertz CT molecular complexity index is 314. The molecule has 2 nitrogen and oxygen atoms in total. The Kier molecular flexibility index (Phi) is 2.43. The summed E-state index contributed by atoms with van der Waals surface area (Å²) in [7, 11) is 0. The van der Waals surface area contributed by atoms with Crippen molar-refractivity contribution in [2.75, 3.05) is 0 Å². The molecule has 0 spiro atoms. The molecule has 0 aliphatic heterocycles. The molecule has 0 fully saturated rings. The highest BCUT2D eigenvalue weighted by molar-refractivity contribution is 5.80. The molecule has 0 amide bonds. The van der Waals surface area contributed by atoms with Crippen LogP contribution in [-0.4, -0.2) is 5.84 Å². The van der Waals surface area contributed by atoms with Crippen molar-refractivity contribution < 1.29 is 4.39 Å². The first kappa shape index (κ1) is 8.71. The second-order valence-corrected chi connectivity index (χ2v) is 2.68. The molecule has 0 aliphatic rings. The third-order valence-electron chi connectivity index (χ3n) is 1.46. The summed E-state index contributed by atoms with van der Waals surface area (Å²) in [6, 6.07) is 4.41. The number of amidine groups is 1. The molecule has 0 saturated heterocycles. The van der Waals surface area contributed by atoms with Crippen LogP contribution in [0.15, 0.2) is 23.2 Å². The summed E-state index contributed by atoms with van der Waals surface area (Å²) in [5.41, 5.74) is 6.90. The van der Waals surface area contributed by atoms with E-state index in [4.69, 9.17) is 5.73 Å². The maximum atomic E-state index is 12.6. The number of halogens is 1. The molecule has 12 heavy (non-hydrogen) atoms. The number of benzene rings is 1. The van der Waals surface area contributed by atoms with Gasteiger partial charge in [0, 0.05) is 0 Å². The number of rotatable bonds is 1. The van der Waals surface area contributed by atoms with E-state index in [1.165, 1.54) is 12.1 Å². The lowest BCUT2D eigenvalue weighted by molar-refractivity contribution is 0.627. The Morgan fingerprint density at radius 3 is 2.67 bits per heavy atom. The van der Waals surface area contributed by atoms with E-state index in [9.17, 15) is 4.39 Å². The van der Waals surface area contributed by atoms with E-state index in [2.05, 4.69) is 4.99 Å². The van der Waals surface area contributed by atoms with Crippen LogP contribution in [0.3, 0.4) is 0 Å². The summed E-state index contributed by atoms with van der Waals surface area (Å²) in [5, 5.41) is 0. The van der Waals surface area contributed by atoms with Crippen LogP contribution < -0.4 is 5.73 Å². The summed E-state index contributed by atoms with van der Waals surface area (Å²) in [4.78, 5) is 4.03. The minimum absolute atomic E-state index is 0.249. The molecule has 0 heterocycles. The fourth-order valence-electron chi connectivity index (χ4n) is 0.934. The maximum absolute atomic E-state index is 12.6. The SMILES string of the molecule is CC(N)=Nc1ccc(F)cc1C. The van der Waals surface area contributed by atoms with Gasteiger partial charge in [-0.25, -0.2) is 9.38 Å². The third kappa shape index (κ3) is 2.05. The molecular formula is C9H11FN2. The quantitative estimate of drug-likeness (QED) is 0.503. The van der Waals surface area contributed by atoms with Crippen LogP contribution in [0.5, 0.6) is 0 Å². The minimum atomic E-state index is -0.249. The zero-order valence-corrected chi connectivity index (χ0v) is 7.13. The highest BCUT2D eigenvalue weighted by Gasteiger charge is 1.97. The molecule has 0 radical (unpaired) electrons. The van der Waals surface area contributed by atoms with Crippen LogP contribution >= 0.6 is 0 Å². The standard InChI is InChI=1S/C9H11FN2/c1-6-5-8(10)3-4-9(6)12-7(2)11/h3-5H,1-2H3,(H2,11,12). The van der Waals surface area contributed by atoms with E-state index in [1.54, 1.807) is 19.9 Å². The minimum Gasteiger partial charge on any atom is -0.387 e. The van der Waals surface area contributed by atoms with E-state index in [0.717, 1.165) is 11.3 Å². The number of nitrogens with two attached hydrogens (primary N) is 1. The van der Waals surface area contributed by atoms with Crippen molar-refractivity contribution in [3.05, 3.63) is 29.6 Å². The smallest absolute Gasteiger partial charge is 0.123 e.